The number of carbonyl (C=O) groups excluding carboxylic acids is 1. The minimum Gasteiger partial charge on any atom is -0.486 e. The zero-order valence-corrected chi connectivity index (χ0v) is 14.1. The van der Waals surface area contributed by atoms with Crippen LogP contribution in [0.2, 0.25) is 0 Å². The quantitative estimate of drug-likeness (QED) is 0.751. The second-order valence-electron chi connectivity index (χ2n) is 5.37. The topological polar surface area (TPSA) is 51.7 Å². The smallest absolute Gasteiger partial charge is 0.419 e. The fraction of sp³-hybridized carbons (Fsp3) is 0.375. The van der Waals surface area contributed by atoms with E-state index in [4.69, 9.17) is 9.47 Å². The highest BCUT2D eigenvalue weighted by Gasteiger charge is 2.37. The van der Waals surface area contributed by atoms with Crippen molar-refractivity contribution in [3.8, 4) is 5.75 Å². The van der Waals surface area contributed by atoms with Crippen LogP contribution in [0.1, 0.15) is 22.2 Å². The van der Waals surface area contributed by atoms with E-state index in [2.05, 4.69) is 4.98 Å². The second-order valence-corrected chi connectivity index (χ2v) is 6.38. The molecule has 9 heteroatoms. The van der Waals surface area contributed by atoms with Crippen molar-refractivity contribution in [2.24, 2.45) is 0 Å². The van der Waals surface area contributed by atoms with Crippen LogP contribution in [0.3, 0.4) is 0 Å². The van der Waals surface area contributed by atoms with E-state index in [1.807, 2.05) is 4.90 Å². The van der Waals surface area contributed by atoms with Crippen molar-refractivity contribution in [2.45, 2.75) is 19.2 Å². The molecule has 0 N–H and O–H groups in total. The maximum absolute atomic E-state index is 13.0. The highest BCUT2D eigenvalue weighted by Crippen LogP contribution is 2.37. The van der Waals surface area contributed by atoms with Crippen LogP contribution in [-0.2, 0) is 10.9 Å². The van der Waals surface area contributed by atoms with Gasteiger partial charge in [-0.25, -0.2) is 9.78 Å². The third kappa shape index (κ3) is 3.87. The number of halogens is 3. The van der Waals surface area contributed by atoms with Crippen LogP contribution in [0.4, 0.5) is 18.3 Å². The maximum atomic E-state index is 13.0. The Morgan fingerprint density at radius 2 is 2.08 bits per heavy atom. The van der Waals surface area contributed by atoms with Gasteiger partial charge in [-0.05, 0) is 19.1 Å². The SMILES string of the molecule is CCOC(=O)c1cnc(N2CC(Oc3ccccc3C(F)(F)F)C2)s1. The zero-order valence-electron chi connectivity index (χ0n) is 13.2. The van der Waals surface area contributed by atoms with Crippen molar-refractivity contribution in [2.75, 3.05) is 24.6 Å². The molecule has 0 unspecified atom stereocenters. The monoisotopic (exact) mass is 372 g/mol. The molecule has 2 heterocycles. The molecule has 0 aliphatic carbocycles. The fourth-order valence-corrected chi connectivity index (χ4v) is 3.19. The van der Waals surface area contributed by atoms with Crippen LogP contribution < -0.4 is 9.64 Å². The first kappa shape index (κ1) is 17.5. The molecule has 2 aromatic rings. The zero-order chi connectivity index (χ0) is 18.0. The van der Waals surface area contributed by atoms with E-state index in [9.17, 15) is 18.0 Å². The van der Waals surface area contributed by atoms with Gasteiger partial charge in [-0.3, -0.25) is 0 Å². The van der Waals surface area contributed by atoms with Gasteiger partial charge in [-0.15, -0.1) is 0 Å². The third-order valence-corrected chi connectivity index (χ3v) is 4.61. The molecule has 0 atom stereocenters. The molecular formula is C16H15F3N2O3S. The highest BCUT2D eigenvalue weighted by molar-refractivity contribution is 7.17. The molecule has 0 radical (unpaired) electrons. The molecule has 1 aromatic carbocycles. The summed E-state index contributed by atoms with van der Waals surface area (Å²) in [7, 11) is 0. The molecular weight excluding hydrogens is 357 g/mol. The van der Waals surface area contributed by atoms with Crippen LogP contribution in [0.5, 0.6) is 5.75 Å². The maximum Gasteiger partial charge on any atom is 0.419 e. The predicted molar refractivity (Wildman–Crippen MR) is 86.1 cm³/mol. The number of aromatic nitrogens is 1. The lowest BCUT2D eigenvalue weighted by Crippen LogP contribution is -2.54. The Hall–Kier alpha value is -2.29. The number of nitrogens with zero attached hydrogens (tertiary/aromatic N) is 2. The Bertz CT molecular complexity index is 757. The van der Waals surface area contributed by atoms with Gasteiger partial charge in [-0.2, -0.15) is 13.2 Å². The van der Waals surface area contributed by atoms with Gasteiger partial charge < -0.3 is 14.4 Å². The number of anilines is 1. The molecule has 0 amide bonds. The predicted octanol–water partition coefficient (Wildman–Crippen LogP) is 3.61. The summed E-state index contributed by atoms with van der Waals surface area (Å²) in [5, 5.41) is 0.618. The van der Waals surface area contributed by atoms with E-state index < -0.39 is 17.7 Å². The summed E-state index contributed by atoms with van der Waals surface area (Å²) in [5.74, 6) is -0.607. The minimum atomic E-state index is -4.45. The van der Waals surface area contributed by atoms with Gasteiger partial charge in [0, 0.05) is 0 Å². The van der Waals surface area contributed by atoms with Crippen LogP contribution in [-0.4, -0.2) is 36.8 Å². The van der Waals surface area contributed by atoms with E-state index in [0.29, 0.717) is 23.1 Å². The van der Waals surface area contributed by atoms with Crippen LogP contribution in [0.25, 0.3) is 0 Å². The largest absolute Gasteiger partial charge is 0.486 e. The van der Waals surface area contributed by atoms with Gasteiger partial charge in [0.2, 0.25) is 0 Å². The molecule has 1 aliphatic heterocycles. The lowest BCUT2D eigenvalue weighted by molar-refractivity contribution is -0.139. The number of esters is 1. The number of hydrogen-bond donors (Lipinski definition) is 0. The van der Waals surface area contributed by atoms with Crippen LogP contribution in [0.15, 0.2) is 30.5 Å². The summed E-state index contributed by atoms with van der Waals surface area (Å²) in [6.45, 7) is 2.81. The van der Waals surface area contributed by atoms with Gasteiger partial charge in [0.1, 0.15) is 16.7 Å². The van der Waals surface area contributed by atoms with Crippen molar-refractivity contribution in [1.82, 2.24) is 4.98 Å². The van der Waals surface area contributed by atoms with E-state index in [0.717, 1.165) is 6.07 Å². The summed E-state index contributed by atoms with van der Waals surface area (Å²) in [5.41, 5.74) is -0.785. The van der Waals surface area contributed by atoms with Crippen LogP contribution >= 0.6 is 11.3 Å². The number of carbonyl (C=O) groups is 1. The standard InChI is InChI=1S/C16H15F3N2O3S/c1-2-23-14(22)13-7-20-15(25-13)21-8-10(9-21)24-12-6-4-3-5-11(12)16(17,18)19/h3-7,10H,2,8-9H2,1H3. The molecule has 3 rings (SSSR count). The summed E-state index contributed by atoms with van der Waals surface area (Å²) >= 11 is 1.19. The highest BCUT2D eigenvalue weighted by atomic mass is 32.1. The molecule has 1 fully saturated rings. The number of ether oxygens (including phenoxy) is 2. The van der Waals surface area contributed by atoms with E-state index in [1.165, 1.54) is 35.7 Å². The number of benzene rings is 1. The minimum absolute atomic E-state index is 0.175. The average Bonchev–Trinajstić information content (AvgIpc) is 2.99. The fourth-order valence-electron chi connectivity index (χ4n) is 2.36. The number of rotatable bonds is 5. The molecule has 0 bridgehead atoms. The van der Waals surface area contributed by atoms with Crippen molar-refractivity contribution in [3.05, 3.63) is 40.9 Å². The van der Waals surface area contributed by atoms with E-state index in [-0.39, 0.29) is 18.5 Å². The number of hydrogen-bond acceptors (Lipinski definition) is 6. The van der Waals surface area contributed by atoms with Gasteiger partial charge in [0.25, 0.3) is 0 Å². The molecule has 134 valence electrons. The van der Waals surface area contributed by atoms with Crippen molar-refractivity contribution >= 4 is 22.4 Å². The first-order valence-corrected chi connectivity index (χ1v) is 8.41. The second kappa shape index (κ2) is 6.91. The van der Waals surface area contributed by atoms with Gasteiger partial charge in [0.15, 0.2) is 5.13 Å². The number of alkyl halides is 3. The molecule has 1 aromatic heterocycles. The van der Waals surface area contributed by atoms with E-state index >= 15 is 0 Å². The first-order valence-electron chi connectivity index (χ1n) is 7.59. The summed E-state index contributed by atoms with van der Waals surface area (Å²) in [6.07, 6.45) is -3.38. The Morgan fingerprint density at radius 3 is 2.76 bits per heavy atom. The van der Waals surface area contributed by atoms with E-state index in [1.54, 1.807) is 6.92 Å². The lowest BCUT2D eigenvalue weighted by atomic mass is 10.1. The first-order chi connectivity index (χ1) is 11.9. The van der Waals surface area contributed by atoms with Gasteiger partial charge in [0.05, 0.1) is 31.5 Å². The Labute approximate surface area is 146 Å². The summed E-state index contributed by atoms with van der Waals surface area (Å²) in [4.78, 5) is 18.0. The Morgan fingerprint density at radius 1 is 1.36 bits per heavy atom. The third-order valence-electron chi connectivity index (χ3n) is 3.57. The van der Waals surface area contributed by atoms with Crippen LogP contribution in [0, 0.1) is 0 Å². The summed E-state index contributed by atoms with van der Waals surface area (Å²) in [6, 6.07) is 5.15. The van der Waals surface area contributed by atoms with Crippen molar-refractivity contribution in [1.29, 1.82) is 0 Å². The van der Waals surface area contributed by atoms with Crippen molar-refractivity contribution in [3.63, 3.8) is 0 Å². The van der Waals surface area contributed by atoms with Gasteiger partial charge >= 0.3 is 12.1 Å². The molecule has 25 heavy (non-hydrogen) atoms. The van der Waals surface area contributed by atoms with Gasteiger partial charge in [-0.1, -0.05) is 23.5 Å². The normalized spacial score (nSPS) is 15.0. The molecule has 1 aliphatic rings. The molecule has 5 nitrogen and oxygen atoms in total. The molecule has 0 spiro atoms. The Balaban J connectivity index is 1.60. The molecule has 1 saturated heterocycles. The number of para-hydroxylation sites is 1. The lowest BCUT2D eigenvalue weighted by Gasteiger charge is -2.39. The number of thiazole rings is 1. The Kier molecular flexibility index (Phi) is 4.85. The summed E-state index contributed by atoms with van der Waals surface area (Å²) < 4.78 is 49.3. The molecule has 0 saturated carbocycles. The average molecular weight is 372 g/mol. The van der Waals surface area contributed by atoms with Crippen molar-refractivity contribution < 1.29 is 27.4 Å².